The van der Waals surface area contributed by atoms with Gasteiger partial charge in [0.15, 0.2) is 6.10 Å². The van der Waals surface area contributed by atoms with Crippen LogP contribution in [0.4, 0.5) is 0 Å². The normalized spacial score (nSPS) is 12.7. The second-order valence-corrected chi connectivity index (χ2v) is 20.6. The summed E-state index contributed by atoms with van der Waals surface area (Å²) in [6.45, 7) is 6.49. The quantitative estimate of drug-likeness (QED) is 0.0261. The van der Waals surface area contributed by atoms with Crippen molar-refractivity contribution in [1.29, 1.82) is 0 Å². The number of carbonyl (C=O) groups is 3. The molecule has 0 radical (unpaired) electrons. The van der Waals surface area contributed by atoms with Gasteiger partial charge in [-0.1, -0.05) is 272 Å². The van der Waals surface area contributed by atoms with Crippen molar-refractivity contribution < 1.29 is 28.6 Å². The van der Waals surface area contributed by atoms with Crippen LogP contribution in [0.3, 0.4) is 0 Å². The van der Waals surface area contributed by atoms with Gasteiger partial charge in [-0.05, 0) is 103 Å². The highest BCUT2D eigenvalue weighted by Gasteiger charge is 2.19. The van der Waals surface area contributed by atoms with E-state index in [0.717, 1.165) is 109 Å². The van der Waals surface area contributed by atoms with Gasteiger partial charge in [0.1, 0.15) is 13.2 Å². The highest BCUT2D eigenvalue weighted by molar-refractivity contribution is 5.71. The molecule has 6 nitrogen and oxygen atoms in total. The summed E-state index contributed by atoms with van der Waals surface area (Å²) in [5.41, 5.74) is 0. The van der Waals surface area contributed by atoms with Gasteiger partial charge in [0.05, 0.1) is 0 Å². The van der Waals surface area contributed by atoms with E-state index in [9.17, 15) is 14.4 Å². The summed E-state index contributed by atoms with van der Waals surface area (Å²) in [5.74, 6) is -0.895. The topological polar surface area (TPSA) is 78.9 Å². The number of ether oxygens (including phenoxy) is 3. The van der Waals surface area contributed by atoms with Crippen molar-refractivity contribution in [2.75, 3.05) is 13.2 Å². The molecule has 0 N–H and O–H groups in total. The molecule has 0 aromatic rings. The fourth-order valence-electron chi connectivity index (χ4n) is 8.65. The van der Waals surface area contributed by atoms with E-state index in [2.05, 4.69) is 118 Å². The third-order valence-corrected chi connectivity index (χ3v) is 13.3. The minimum Gasteiger partial charge on any atom is -0.462 e. The summed E-state index contributed by atoms with van der Waals surface area (Å²) >= 11 is 0. The molecule has 0 bridgehead atoms. The van der Waals surface area contributed by atoms with E-state index >= 15 is 0 Å². The van der Waals surface area contributed by atoms with Crippen LogP contribution in [0.5, 0.6) is 0 Å². The van der Waals surface area contributed by atoms with Crippen LogP contribution in [-0.4, -0.2) is 37.2 Å². The van der Waals surface area contributed by atoms with E-state index in [1.807, 2.05) is 0 Å². The summed E-state index contributed by atoms with van der Waals surface area (Å²) in [7, 11) is 0. The van der Waals surface area contributed by atoms with Crippen molar-refractivity contribution in [1.82, 2.24) is 0 Å². The maximum atomic E-state index is 12.9. The average Bonchev–Trinajstić information content (AvgIpc) is 3.40. The minimum atomic E-state index is -0.784. The van der Waals surface area contributed by atoms with Crippen LogP contribution < -0.4 is 0 Å². The second kappa shape index (κ2) is 61.9. The third kappa shape index (κ3) is 59.2. The molecule has 1 unspecified atom stereocenters. The Balaban J connectivity index is 4.23. The highest BCUT2D eigenvalue weighted by Crippen LogP contribution is 2.15. The van der Waals surface area contributed by atoms with Gasteiger partial charge in [-0.3, -0.25) is 14.4 Å². The van der Waals surface area contributed by atoms with E-state index in [4.69, 9.17) is 14.2 Å². The van der Waals surface area contributed by atoms with Crippen LogP contribution in [0.15, 0.2) is 97.2 Å². The molecule has 0 aromatic carbocycles. The standard InChI is InChI=1S/C68H116O6/c1-4-7-10-13-16-19-21-23-25-27-29-31-33-34-36-37-39-41-43-45-47-49-52-55-58-61-67(70)73-64-65(63-72-66(69)60-57-54-51-18-15-12-9-6-3)74-68(71)62-59-56-53-50-48-46-44-42-40-38-35-32-30-28-26-24-22-20-17-14-11-8-5-2/h8,11,17,20-21,23-24,26-27,29-30,32-34,38,40,65H,4-7,9-10,12-16,18-19,22,25,28,31,35-37,39,41-64H2,1-3H3/b11-8-,20-17-,23-21-,26-24-,29-27-,32-30-,34-33-,40-38-. The number of hydrogen-bond acceptors (Lipinski definition) is 6. The largest absolute Gasteiger partial charge is 0.462 e. The van der Waals surface area contributed by atoms with Gasteiger partial charge < -0.3 is 14.2 Å². The van der Waals surface area contributed by atoms with E-state index < -0.39 is 6.10 Å². The second-order valence-electron chi connectivity index (χ2n) is 20.6. The number of unbranched alkanes of at least 4 members (excludes halogenated alkanes) is 29. The summed E-state index contributed by atoms with van der Waals surface area (Å²) in [4.78, 5) is 38.1. The lowest BCUT2D eigenvalue weighted by atomic mass is 10.1. The van der Waals surface area contributed by atoms with Crippen LogP contribution in [0, 0.1) is 0 Å². The zero-order valence-electron chi connectivity index (χ0n) is 48.6. The Bertz CT molecular complexity index is 1460. The van der Waals surface area contributed by atoms with E-state index in [1.54, 1.807) is 0 Å². The molecule has 1 atom stereocenters. The number of allylic oxidation sites excluding steroid dienone is 16. The monoisotopic (exact) mass is 1030 g/mol. The Morgan fingerprint density at radius 1 is 0.284 bits per heavy atom. The maximum absolute atomic E-state index is 12.9. The van der Waals surface area contributed by atoms with Gasteiger partial charge in [0.2, 0.25) is 0 Å². The summed E-state index contributed by atoms with van der Waals surface area (Å²) < 4.78 is 16.8. The number of esters is 3. The zero-order valence-corrected chi connectivity index (χ0v) is 48.6. The summed E-state index contributed by atoms with van der Waals surface area (Å²) in [5, 5.41) is 0. The smallest absolute Gasteiger partial charge is 0.306 e. The Morgan fingerprint density at radius 2 is 0.527 bits per heavy atom. The Kier molecular flexibility index (Phi) is 58.8. The highest BCUT2D eigenvalue weighted by atomic mass is 16.6. The van der Waals surface area contributed by atoms with Crippen molar-refractivity contribution in [3.8, 4) is 0 Å². The average molecular weight is 1030 g/mol. The summed E-state index contributed by atoms with van der Waals surface area (Å²) in [6, 6.07) is 0. The van der Waals surface area contributed by atoms with Crippen molar-refractivity contribution >= 4 is 17.9 Å². The van der Waals surface area contributed by atoms with Crippen molar-refractivity contribution in [2.24, 2.45) is 0 Å². The molecule has 0 saturated heterocycles. The Morgan fingerprint density at radius 3 is 0.824 bits per heavy atom. The first-order chi connectivity index (χ1) is 36.5. The number of carbonyl (C=O) groups excluding carboxylic acids is 3. The first-order valence-corrected chi connectivity index (χ1v) is 31.2. The number of hydrogen-bond donors (Lipinski definition) is 0. The maximum Gasteiger partial charge on any atom is 0.306 e. The van der Waals surface area contributed by atoms with E-state index in [1.165, 1.54) is 148 Å². The molecule has 0 amide bonds. The lowest BCUT2D eigenvalue weighted by molar-refractivity contribution is -0.167. The molecule has 0 aromatic heterocycles. The number of rotatable bonds is 56. The van der Waals surface area contributed by atoms with Crippen LogP contribution in [0.25, 0.3) is 0 Å². The van der Waals surface area contributed by atoms with Gasteiger partial charge in [0, 0.05) is 19.3 Å². The molecule has 424 valence electrons. The van der Waals surface area contributed by atoms with Crippen LogP contribution in [-0.2, 0) is 28.6 Å². The molecule has 0 aliphatic carbocycles. The molecular weight excluding hydrogens is 913 g/mol. The van der Waals surface area contributed by atoms with Crippen molar-refractivity contribution in [3.63, 3.8) is 0 Å². The van der Waals surface area contributed by atoms with Crippen molar-refractivity contribution in [2.45, 2.75) is 303 Å². The summed E-state index contributed by atoms with van der Waals surface area (Å²) in [6.07, 6.45) is 82.8. The SMILES string of the molecule is CC/C=C\C/C=C\C/C=C\C/C=C\C/C=C\CCCCCCCCCC(=O)OC(COC(=O)CCCCCCCCCC)COC(=O)CCCCCCCCCCCC/C=C\C/C=C\C/C=C\CCCCCCC. The Hall–Kier alpha value is -3.67. The van der Waals surface area contributed by atoms with Gasteiger partial charge in [-0.15, -0.1) is 0 Å². The van der Waals surface area contributed by atoms with Crippen molar-refractivity contribution in [3.05, 3.63) is 97.2 Å². The molecule has 0 rings (SSSR count). The predicted molar refractivity (Wildman–Crippen MR) is 320 cm³/mol. The lowest BCUT2D eigenvalue weighted by Gasteiger charge is -2.18. The van der Waals surface area contributed by atoms with Crippen LogP contribution in [0.1, 0.15) is 297 Å². The minimum absolute atomic E-state index is 0.0822. The molecule has 0 heterocycles. The molecule has 0 fully saturated rings. The van der Waals surface area contributed by atoms with Crippen LogP contribution in [0.2, 0.25) is 0 Å². The van der Waals surface area contributed by atoms with Gasteiger partial charge >= 0.3 is 17.9 Å². The van der Waals surface area contributed by atoms with Gasteiger partial charge in [-0.25, -0.2) is 0 Å². The van der Waals surface area contributed by atoms with Gasteiger partial charge in [0.25, 0.3) is 0 Å². The molecule has 74 heavy (non-hydrogen) atoms. The van der Waals surface area contributed by atoms with E-state index in [0.29, 0.717) is 19.3 Å². The Labute approximate surface area is 457 Å². The molecule has 0 aliphatic rings. The first kappa shape index (κ1) is 70.3. The molecule has 0 aliphatic heterocycles. The van der Waals surface area contributed by atoms with E-state index in [-0.39, 0.29) is 31.1 Å². The first-order valence-electron chi connectivity index (χ1n) is 31.2. The molecule has 0 saturated carbocycles. The fraction of sp³-hybridized carbons (Fsp3) is 0.721. The van der Waals surface area contributed by atoms with Gasteiger partial charge in [-0.2, -0.15) is 0 Å². The lowest BCUT2D eigenvalue weighted by Crippen LogP contribution is -2.30. The zero-order chi connectivity index (χ0) is 53.6. The molecule has 0 spiro atoms. The van der Waals surface area contributed by atoms with Crippen LogP contribution >= 0.6 is 0 Å². The predicted octanol–water partition coefficient (Wildman–Crippen LogP) is 21.3. The third-order valence-electron chi connectivity index (χ3n) is 13.3. The molecule has 6 heteroatoms. The fourth-order valence-corrected chi connectivity index (χ4v) is 8.65. The molecular formula is C68H116O6.